The Hall–Kier alpha value is -0.973. The monoisotopic (exact) mass is 304 g/mol. The van der Waals surface area contributed by atoms with E-state index in [-0.39, 0.29) is 16.6 Å². The molecule has 5 heteroatoms. The summed E-state index contributed by atoms with van der Waals surface area (Å²) in [5, 5.41) is 0. The lowest BCUT2D eigenvalue weighted by molar-refractivity contribution is 0.394. The summed E-state index contributed by atoms with van der Waals surface area (Å²) in [6.45, 7) is 12.0. The van der Waals surface area contributed by atoms with Gasteiger partial charge in [0.15, 0.2) is 17.4 Å². The van der Waals surface area contributed by atoms with Crippen molar-refractivity contribution in [3.63, 3.8) is 0 Å². The Morgan fingerprint density at radius 1 is 0.800 bits per heavy atom. The molecule has 0 N–H and O–H groups in total. The third-order valence-corrected chi connectivity index (χ3v) is 9.96. The van der Waals surface area contributed by atoms with E-state index in [1.807, 2.05) is 41.5 Å². The molecule has 1 aromatic carbocycles. The van der Waals surface area contributed by atoms with E-state index in [4.69, 9.17) is 4.43 Å². The average molecular weight is 304 g/mol. The van der Waals surface area contributed by atoms with Crippen LogP contribution in [0, 0.1) is 17.5 Å². The summed E-state index contributed by atoms with van der Waals surface area (Å²) in [6.07, 6.45) is 0. The Labute approximate surface area is 120 Å². The van der Waals surface area contributed by atoms with Crippen molar-refractivity contribution in [2.24, 2.45) is 0 Å². The van der Waals surface area contributed by atoms with E-state index in [2.05, 4.69) is 0 Å². The largest absolute Gasteiger partial charge is 0.539 e. The lowest BCUT2D eigenvalue weighted by Gasteiger charge is -2.42. The zero-order chi connectivity index (χ0) is 15.7. The number of halogens is 3. The highest BCUT2D eigenvalue weighted by atomic mass is 28.4. The number of hydrogen-bond acceptors (Lipinski definition) is 1. The van der Waals surface area contributed by atoms with Gasteiger partial charge in [-0.25, -0.2) is 8.78 Å². The maximum Gasteiger partial charge on any atom is 0.259 e. The fraction of sp³-hybridized carbons (Fsp3) is 0.600. The second-order valence-electron chi connectivity index (χ2n) is 6.09. The molecule has 0 fully saturated rings. The van der Waals surface area contributed by atoms with E-state index >= 15 is 0 Å². The van der Waals surface area contributed by atoms with Crippen LogP contribution < -0.4 is 4.43 Å². The van der Waals surface area contributed by atoms with E-state index in [0.29, 0.717) is 0 Å². The van der Waals surface area contributed by atoms with E-state index < -0.39 is 31.5 Å². The van der Waals surface area contributed by atoms with Gasteiger partial charge < -0.3 is 4.43 Å². The van der Waals surface area contributed by atoms with Crippen LogP contribution in [0.4, 0.5) is 13.2 Å². The summed E-state index contributed by atoms with van der Waals surface area (Å²) in [4.78, 5) is 0. The van der Waals surface area contributed by atoms with Crippen LogP contribution in [0.1, 0.15) is 41.5 Å². The van der Waals surface area contributed by atoms with Crippen LogP contribution in [-0.4, -0.2) is 8.32 Å². The molecular weight excluding hydrogens is 281 g/mol. The lowest BCUT2D eigenvalue weighted by Crippen LogP contribution is -2.51. The summed E-state index contributed by atoms with van der Waals surface area (Å²) >= 11 is 0. The van der Waals surface area contributed by atoms with Gasteiger partial charge in [-0.3, -0.25) is 0 Å². The molecule has 0 saturated carbocycles. The lowest BCUT2D eigenvalue weighted by atomic mass is 10.3. The zero-order valence-electron chi connectivity index (χ0n) is 12.9. The molecule has 0 aliphatic rings. The zero-order valence-corrected chi connectivity index (χ0v) is 13.9. The van der Waals surface area contributed by atoms with E-state index in [0.717, 1.165) is 12.1 Å². The molecule has 1 aromatic rings. The van der Waals surface area contributed by atoms with E-state index in [9.17, 15) is 13.2 Å². The van der Waals surface area contributed by atoms with Gasteiger partial charge in [0.1, 0.15) is 0 Å². The minimum Gasteiger partial charge on any atom is -0.539 e. The number of benzene rings is 1. The molecule has 0 aliphatic carbocycles. The summed E-state index contributed by atoms with van der Waals surface area (Å²) in [6, 6.07) is 1.69. The molecule has 0 aromatic heterocycles. The fourth-order valence-electron chi connectivity index (χ4n) is 3.13. The predicted octanol–water partition coefficient (Wildman–Crippen LogP) is 5.66. The predicted molar refractivity (Wildman–Crippen MR) is 78.0 cm³/mol. The van der Waals surface area contributed by atoms with Gasteiger partial charge in [-0.1, -0.05) is 41.5 Å². The standard InChI is InChI=1S/C15H23F3OSi/c1-9(2)20(10(3)4,11(5)6)19-15-13(17)8-7-12(16)14(15)18/h7-11H,1-6H3. The molecule has 20 heavy (non-hydrogen) atoms. The van der Waals surface area contributed by atoms with E-state index in [1.54, 1.807) is 0 Å². The normalized spacial score (nSPS) is 12.6. The maximum atomic E-state index is 13.9. The Morgan fingerprint density at radius 2 is 1.20 bits per heavy atom. The third-order valence-electron chi connectivity index (χ3n) is 3.99. The van der Waals surface area contributed by atoms with Gasteiger partial charge >= 0.3 is 0 Å². The summed E-state index contributed by atoms with van der Waals surface area (Å²) in [5.74, 6) is -3.72. The Kier molecular flexibility index (Phi) is 5.30. The molecule has 0 aliphatic heterocycles. The Morgan fingerprint density at radius 3 is 1.60 bits per heavy atom. The van der Waals surface area contributed by atoms with Crippen LogP contribution in [0.2, 0.25) is 16.6 Å². The van der Waals surface area contributed by atoms with Crippen LogP contribution in [-0.2, 0) is 0 Å². The van der Waals surface area contributed by atoms with Gasteiger partial charge in [-0.15, -0.1) is 0 Å². The second-order valence-corrected chi connectivity index (χ2v) is 11.5. The first-order valence-corrected chi connectivity index (χ1v) is 9.11. The maximum absolute atomic E-state index is 13.9. The average Bonchev–Trinajstić information content (AvgIpc) is 2.33. The van der Waals surface area contributed by atoms with Crippen molar-refractivity contribution >= 4 is 8.32 Å². The van der Waals surface area contributed by atoms with Gasteiger partial charge in [0, 0.05) is 0 Å². The third kappa shape index (κ3) is 2.87. The van der Waals surface area contributed by atoms with E-state index in [1.165, 1.54) is 0 Å². The summed E-state index contributed by atoms with van der Waals surface area (Å²) < 4.78 is 46.9. The van der Waals surface area contributed by atoms with Crippen LogP contribution in [0.3, 0.4) is 0 Å². The van der Waals surface area contributed by atoms with Crippen molar-refractivity contribution in [1.29, 1.82) is 0 Å². The van der Waals surface area contributed by atoms with Crippen molar-refractivity contribution in [2.45, 2.75) is 58.2 Å². The molecule has 0 amide bonds. The molecule has 0 heterocycles. The molecule has 114 valence electrons. The Bertz CT molecular complexity index is 451. The highest BCUT2D eigenvalue weighted by molar-refractivity contribution is 6.78. The molecule has 0 spiro atoms. The molecule has 1 nitrogen and oxygen atoms in total. The van der Waals surface area contributed by atoms with Crippen molar-refractivity contribution < 1.29 is 17.6 Å². The first-order valence-electron chi connectivity index (χ1n) is 6.97. The first kappa shape index (κ1) is 17.1. The van der Waals surface area contributed by atoms with Crippen molar-refractivity contribution in [3.05, 3.63) is 29.6 Å². The molecule has 0 radical (unpaired) electrons. The van der Waals surface area contributed by atoms with Gasteiger partial charge in [-0.2, -0.15) is 4.39 Å². The highest BCUT2D eigenvalue weighted by Gasteiger charge is 2.48. The second kappa shape index (κ2) is 6.20. The van der Waals surface area contributed by atoms with Gasteiger partial charge in [0.2, 0.25) is 5.82 Å². The highest BCUT2D eigenvalue weighted by Crippen LogP contribution is 2.43. The van der Waals surface area contributed by atoms with Crippen LogP contribution in [0.15, 0.2) is 12.1 Å². The summed E-state index contributed by atoms with van der Waals surface area (Å²) in [5.41, 5.74) is 0.471. The Balaban J connectivity index is 3.38. The van der Waals surface area contributed by atoms with Crippen LogP contribution in [0.5, 0.6) is 5.75 Å². The smallest absolute Gasteiger partial charge is 0.259 e. The molecule has 0 unspecified atom stereocenters. The minimum absolute atomic E-state index is 0.157. The molecule has 1 rings (SSSR count). The van der Waals surface area contributed by atoms with Crippen LogP contribution in [0.25, 0.3) is 0 Å². The molecule has 0 atom stereocenters. The quantitative estimate of drug-likeness (QED) is 0.504. The SMILES string of the molecule is CC(C)[Si](Oc1c(F)ccc(F)c1F)(C(C)C)C(C)C. The molecular formula is C15H23F3OSi. The topological polar surface area (TPSA) is 9.23 Å². The first-order chi connectivity index (χ1) is 9.14. The summed E-state index contributed by atoms with van der Waals surface area (Å²) in [7, 11) is -2.50. The van der Waals surface area contributed by atoms with Crippen molar-refractivity contribution in [3.8, 4) is 5.75 Å². The van der Waals surface area contributed by atoms with Gasteiger partial charge in [-0.05, 0) is 28.8 Å². The fourth-order valence-corrected chi connectivity index (χ4v) is 8.38. The number of hydrogen-bond donors (Lipinski definition) is 0. The van der Waals surface area contributed by atoms with Crippen LogP contribution >= 0.6 is 0 Å². The van der Waals surface area contributed by atoms with Gasteiger partial charge in [0.05, 0.1) is 0 Å². The van der Waals surface area contributed by atoms with Crippen molar-refractivity contribution in [1.82, 2.24) is 0 Å². The molecule has 0 saturated heterocycles. The molecule has 0 bridgehead atoms. The minimum atomic E-state index is -2.50. The van der Waals surface area contributed by atoms with Crippen molar-refractivity contribution in [2.75, 3.05) is 0 Å². The van der Waals surface area contributed by atoms with Gasteiger partial charge in [0.25, 0.3) is 8.32 Å². The number of rotatable bonds is 5.